The number of amides is 2. The van der Waals surface area contributed by atoms with Gasteiger partial charge in [-0.15, -0.1) is 0 Å². The Morgan fingerprint density at radius 2 is 2.04 bits per heavy atom. The zero-order chi connectivity index (χ0) is 18.3. The topological polar surface area (TPSA) is 89.1 Å². The number of nitrogens with two attached hydrogens (primary N) is 1. The minimum absolute atomic E-state index is 0.209. The van der Waals surface area contributed by atoms with Crippen LogP contribution in [0.2, 0.25) is 0 Å². The lowest BCUT2D eigenvalue weighted by Crippen LogP contribution is -2.31. The first-order chi connectivity index (χ1) is 12.5. The third-order valence-electron chi connectivity index (χ3n) is 4.28. The molecule has 0 fully saturated rings. The third kappa shape index (κ3) is 2.85. The molecular weight excluding hydrogens is 335 g/mol. The Balaban J connectivity index is 1.55. The monoisotopic (exact) mass is 352 g/mol. The summed E-state index contributed by atoms with van der Waals surface area (Å²) in [7, 11) is 1.85. The summed E-state index contributed by atoms with van der Waals surface area (Å²) in [6.07, 6.45) is 1.90. The highest BCUT2D eigenvalue weighted by Crippen LogP contribution is 2.27. The first-order valence-electron chi connectivity index (χ1n) is 8.10. The first-order valence-corrected chi connectivity index (χ1v) is 8.10. The number of carbonyl (C=O) groups excluding carboxylic acids is 1. The van der Waals surface area contributed by atoms with Gasteiger partial charge in [-0.2, -0.15) is 5.10 Å². The van der Waals surface area contributed by atoms with E-state index in [1.54, 1.807) is 39.9 Å². The van der Waals surface area contributed by atoms with Gasteiger partial charge < -0.3 is 10.6 Å². The van der Waals surface area contributed by atoms with E-state index in [1.165, 1.54) is 6.07 Å². The molecule has 7 nitrogen and oxygen atoms in total. The molecule has 8 heteroatoms. The highest BCUT2D eigenvalue weighted by atomic mass is 19.1. The van der Waals surface area contributed by atoms with Gasteiger partial charge >= 0.3 is 6.03 Å². The zero-order valence-electron chi connectivity index (χ0n) is 14.1. The molecule has 0 saturated heterocycles. The Morgan fingerprint density at radius 1 is 1.23 bits per heavy atom. The maximum atomic E-state index is 14.0. The van der Waals surface area contributed by atoms with Crippen LogP contribution in [0.4, 0.5) is 20.7 Å². The van der Waals surface area contributed by atoms with Crippen molar-refractivity contribution in [2.75, 3.05) is 11.1 Å². The number of rotatable bonds is 2. The summed E-state index contributed by atoms with van der Waals surface area (Å²) in [6.45, 7) is 0.900. The molecule has 0 unspecified atom stereocenters. The lowest BCUT2D eigenvalue weighted by atomic mass is 10.1. The normalized spacial score (nSPS) is 12.9. The molecule has 1 aromatic carbocycles. The van der Waals surface area contributed by atoms with Gasteiger partial charge in [0.05, 0.1) is 30.2 Å². The molecule has 0 atom stereocenters. The lowest BCUT2D eigenvalue weighted by Gasteiger charge is -2.17. The summed E-state index contributed by atoms with van der Waals surface area (Å²) in [4.78, 5) is 18.5. The summed E-state index contributed by atoms with van der Waals surface area (Å²) in [5.74, 6) is -0.177. The maximum absolute atomic E-state index is 14.0. The molecule has 3 N–H and O–H groups in total. The predicted molar refractivity (Wildman–Crippen MR) is 95.5 cm³/mol. The number of fused-ring (bicyclic) bond motifs is 1. The van der Waals surface area contributed by atoms with Crippen LogP contribution in [0.25, 0.3) is 11.3 Å². The van der Waals surface area contributed by atoms with E-state index in [0.717, 1.165) is 11.3 Å². The van der Waals surface area contributed by atoms with Crippen LogP contribution >= 0.6 is 0 Å². The Morgan fingerprint density at radius 3 is 2.81 bits per heavy atom. The standard InChI is InChI=1S/C18H17FN6O/c1-24-8-11-9-25(10-16(11)23-24)18(26)22-17-14(20)6-7-15(21-17)12-4-2-3-5-13(12)19/h2-8H,9-10,20H2,1H3,(H,21,22,26). The fourth-order valence-electron chi connectivity index (χ4n) is 3.00. The SMILES string of the molecule is Cn1cc2c(n1)CN(C(=O)Nc1nc(-c3ccccc3F)ccc1N)C2. The average molecular weight is 352 g/mol. The highest BCUT2D eigenvalue weighted by molar-refractivity contribution is 5.92. The van der Waals surface area contributed by atoms with Gasteiger partial charge in [0.15, 0.2) is 5.82 Å². The van der Waals surface area contributed by atoms with Crippen LogP contribution in [0.5, 0.6) is 0 Å². The van der Waals surface area contributed by atoms with Gasteiger partial charge in [-0.1, -0.05) is 12.1 Å². The van der Waals surface area contributed by atoms with E-state index < -0.39 is 0 Å². The van der Waals surface area contributed by atoms with Crippen molar-refractivity contribution in [1.29, 1.82) is 0 Å². The van der Waals surface area contributed by atoms with Gasteiger partial charge in [0.1, 0.15) is 5.82 Å². The molecular formula is C18H17FN6O. The van der Waals surface area contributed by atoms with Crippen molar-refractivity contribution in [1.82, 2.24) is 19.7 Å². The van der Waals surface area contributed by atoms with Crippen LogP contribution in [0.15, 0.2) is 42.6 Å². The summed E-state index contributed by atoms with van der Waals surface area (Å²) in [6, 6.07) is 9.23. The second-order valence-electron chi connectivity index (χ2n) is 6.18. The lowest BCUT2D eigenvalue weighted by molar-refractivity contribution is 0.211. The largest absolute Gasteiger partial charge is 0.396 e. The Kier molecular flexibility index (Phi) is 3.80. The van der Waals surface area contributed by atoms with Gasteiger partial charge in [-0.25, -0.2) is 14.2 Å². The molecule has 0 bridgehead atoms. The molecule has 0 saturated carbocycles. The number of aromatic nitrogens is 3. The van der Waals surface area contributed by atoms with Crippen molar-refractivity contribution in [3.8, 4) is 11.3 Å². The number of anilines is 2. The summed E-state index contributed by atoms with van der Waals surface area (Å²) < 4.78 is 15.7. The third-order valence-corrected chi connectivity index (χ3v) is 4.28. The molecule has 2 aromatic heterocycles. The van der Waals surface area contributed by atoms with Gasteiger partial charge in [0.2, 0.25) is 0 Å². The van der Waals surface area contributed by atoms with E-state index in [9.17, 15) is 9.18 Å². The van der Waals surface area contributed by atoms with Crippen LogP contribution in [-0.2, 0) is 20.1 Å². The fraction of sp³-hybridized carbons (Fsp3) is 0.167. The van der Waals surface area contributed by atoms with Crippen LogP contribution < -0.4 is 11.1 Å². The number of halogens is 1. The van der Waals surface area contributed by atoms with E-state index in [1.807, 2.05) is 13.2 Å². The van der Waals surface area contributed by atoms with Crippen molar-refractivity contribution in [2.45, 2.75) is 13.1 Å². The van der Waals surface area contributed by atoms with Crippen molar-refractivity contribution in [3.63, 3.8) is 0 Å². The number of carbonyl (C=O) groups is 1. The van der Waals surface area contributed by atoms with Crippen LogP contribution in [0.3, 0.4) is 0 Å². The van der Waals surface area contributed by atoms with E-state index >= 15 is 0 Å². The molecule has 1 aliphatic heterocycles. The van der Waals surface area contributed by atoms with E-state index in [4.69, 9.17) is 5.73 Å². The molecule has 1 aliphatic rings. The Labute approximate surface area is 149 Å². The van der Waals surface area contributed by atoms with Crippen LogP contribution in [0, 0.1) is 5.82 Å². The van der Waals surface area contributed by atoms with Crippen molar-refractivity contribution < 1.29 is 9.18 Å². The summed E-state index contributed by atoms with van der Waals surface area (Å²) in [5, 5.41) is 7.04. The van der Waals surface area contributed by atoms with E-state index in [-0.39, 0.29) is 17.7 Å². The van der Waals surface area contributed by atoms with E-state index in [0.29, 0.717) is 30.0 Å². The van der Waals surface area contributed by atoms with Gasteiger partial charge in [-0.3, -0.25) is 10.00 Å². The summed E-state index contributed by atoms with van der Waals surface area (Å²) >= 11 is 0. The number of aryl methyl sites for hydroxylation is 1. The van der Waals surface area contributed by atoms with Gasteiger partial charge in [0, 0.05) is 24.4 Å². The number of benzene rings is 1. The number of nitrogen functional groups attached to an aromatic ring is 1. The molecule has 132 valence electrons. The molecule has 2 amide bonds. The Hall–Kier alpha value is -3.42. The van der Waals surface area contributed by atoms with E-state index in [2.05, 4.69) is 15.4 Å². The van der Waals surface area contributed by atoms with Crippen molar-refractivity contribution >= 4 is 17.5 Å². The second kappa shape index (κ2) is 6.14. The molecule has 26 heavy (non-hydrogen) atoms. The zero-order valence-corrected chi connectivity index (χ0v) is 14.1. The molecule has 4 rings (SSSR count). The molecule has 0 spiro atoms. The first kappa shape index (κ1) is 16.1. The summed E-state index contributed by atoms with van der Waals surface area (Å²) in [5.41, 5.74) is 8.89. The number of hydrogen-bond donors (Lipinski definition) is 2. The molecule has 3 heterocycles. The van der Waals surface area contributed by atoms with Gasteiger partial charge in [0.25, 0.3) is 0 Å². The molecule has 0 aliphatic carbocycles. The van der Waals surface area contributed by atoms with Crippen LogP contribution in [0.1, 0.15) is 11.3 Å². The van der Waals surface area contributed by atoms with Crippen molar-refractivity contribution in [2.24, 2.45) is 7.05 Å². The predicted octanol–water partition coefficient (Wildman–Crippen LogP) is 2.75. The number of urea groups is 1. The minimum atomic E-state index is -0.386. The molecule has 3 aromatic rings. The van der Waals surface area contributed by atoms with Gasteiger partial charge in [-0.05, 0) is 24.3 Å². The molecule has 0 radical (unpaired) electrons. The number of nitrogens with one attached hydrogen (secondary N) is 1. The smallest absolute Gasteiger partial charge is 0.323 e. The number of nitrogens with zero attached hydrogens (tertiary/aromatic N) is 4. The quantitative estimate of drug-likeness (QED) is 0.742. The highest BCUT2D eigenvalue weighted by Gasteiger charge is 2.26. The minimum Gasteiger partial charge on any atom is -0.396 e. The van der Waals surface area contributed by atoms with Crippen LogP contribution in [-0.4, -0.2) is 25.7 Å². The fourth-order valence-corrected chi connectivity index (χ4v) is 3.00. The number of hydrogen-bond acceptors (Lipinski definition) is 4. The Bertz CT molecular complexity index is 976. The maximum Gasteiger partial charge on any atom is 0.323 e. The number of pyridine rings is 1. The second-order valence-corrected chi connectivity index (χ2v) is 6.18. The average Bonchev–Trinajstić information content (AvgIpc) is 3.15. The van der Waals surface area contributed by atoms with Crippen molar-refractivity contribution in [3.05, 3.63) is 59.7 Å².